The van der Waals surface area contributed by atoms with Crippen LogP contribution >= 0.6 is 0 Å². The summed E-state index contributed by atoms with van der Waals surface area (Å²) in [6, 6.07) is 4.81. The number of nitrogens with zero attached hydrogens (tertiary/aromatic N) is 5. The highest BCUT2D eigenvalue weighted by molar-refractivity contribution is 5.86. The fourth-order valence-corrected chi connectivity index (χ4v) is 3.39. The molecular formula is C20H20F3N7O3. The van der Waals surface area contributed by atoms with Crippen LogP contribution in [0.5, 0.6) is 5.75 Å². The maximum Gasteiger partial charge on any atom is 0.419 e. The number of anilines is 1. The smallest absolute Gasteiger partial charge is 0.419 e. The molecule has 4 rings (SSSR count). The lowest BCUT2D eigenvalue weighted by Crippen LogP contribution is -2.52. The molecule has 0 radical (unpaired) electrons. The minimum absolute atomic E-state index is 0.191. The molecule has 1 aliphatic rings. The Kier molecular flexibility index (Phi) is 6.29. The molecule has 1 saturated heterocycles. The molecule has 174 valence electrons. The van der Waals surface area contributed by atoms with Gasteiger partial charge in [-0.2, -0.15) is 18.3 Å². The summed E-state index contributed by atoms with van der Waals surface area (Å²) < 4.78 is 43.6. The molecule has 0 unspecified atom stereocenters. The van der Waals surface area contributed by atoms with Crippen molar-refractivity contribution in [3.8, 4) is 5.75 Å². The first-order valence-corrected chi connectivity index (χ1v) is 10.1. The summed E-state index contributed by atoms with van der Waals surface area (Å²) in [5.74, 6) is 0.686. The second kappa shape index (κ2) is 9.30. The van der Waals surface area contributed by atoms with Crippen molar-refractivity contribution >= 4 is 22.8 Å². The van der Waals surface area contributed by atoms with E-state index in [1.54, 1.807) is 28.0 Å². The molecule has 1 fully saturated rings. The van der Waals surface area contributed by atoms with Gasteiger partial charge in [0.15, 0.2) is 0 Å². The number of carbonyl (C=O) groups is 1. The first kappa shape index (κ1) is 22.3. The fraction of sp³-hybridized carbons (Fsp3) is 0.350. The SMILES string of the molecule is O=C(NCCOc1cccc2c(=O)[nH]ncc12)N1CCN(c2ncc(C(F)(F)F)cn2)CC1. The second-order valence-corrected chi connectivity index (χ2v) is 7.24. The Balaban J connectivity index is 1.23. The molecule has 0 atom stereocenters. The minimum Gasteiger partial charge on any atom is -0.491 e. The lowest BCUT2D eigenvalue weighted by molar-refractivity contribution is -0.138. The first-order chi connectivity index (χ1) is 15.8. The zero-order valence-electron chi connectivity index (χ0n) is 17.3. The number of nitrogens with one attached hydrogen (secondary N) is 2. The van der Waals surface area contributed by atoms with Crippen LogP contribution in [0.4, 0.5) is 23.9 Å². The van der Waals surface area contributed by atoms with Crippen LogP contribution in [0.2, 0.25) is 0 Å². The molecule has 13 heteroatoms. The van der Waals surface area contributed by atoms with Crippen molar-refractivity contribution < 1.29 is 22.7 Å². The van der Waals surface area contributed by atoms with Crippen LogP contribution in [0.1, 0.15) is 5.56 Å². The third-order valence-electron chi connectivity index (χ3n) is 5.12. The predicted molar refractivity (Wildman–Crippen MR) is 112 cm³/mol. The van der Waals surface area contributed by atoms with E-state index in [-0.39, 0.29) is 30.7 Å². The molecule has 0 saturated carbocycles. The number of aromatic amines is 1. The summed E-state index contributed by atoms with van der Waals surface area (Å²) in [4.78, 5) is 35.1. The van der Waals surface area contributed by atoms with Gasteiger partial charge in [-0.1, -0.05) is 6.07 Å². The monoisotopic (exact) mass is 463 g/mol. The molecule has 2 N–H and O–H groups in total. The van der Waals surface area contributed by atoms with Gasteiger partial charge in [0.25, 0.3) is 5.56 Å². The largest absolute Gasteiger partial charge is 0.491 e. The number of carbonyl (C=O) groups excluding carboxylic acids is 1. The number of rotatable bonds is 5. The van der Waals surface area contributed by atoms with E-state index in [0.717, 1.165) is 12.4 Å². The Morgan fingerprint density at radius 2 is 1.82 bits per heavy atom. The minimum atomic E-state index is -4.49. The van der Waals surface area contributed by atoms with Gasteiger partial charge < -0.3 is 19.9 Å². The topological polar surface area (TPSA) is 116 Å². The maximum atomic E-state index is 12.6. The van der Waals surface area contributed by atoms with Gasteiger partial charge in [0.1, 0.15) is 12.4 Å². The van der Waals surface area contributed by atoms with Crippen molar-refractivity contribution in [2.45, 2.75) is 6.18 Å². The average molecular weight is 463 g/mol. The average Bonchev–Trinajstić information content (AvgIpc) is 2.82. The molecule has 2 aromatic heterocycles. The quantitative estimate of drug-likeness (QED) is 0.553. The highest BCUT2D eigenvalue weighted by Crippen LogP contribution is 2.28. The van der Waals surface area contributed by atoms with Crippen molar-refractivity contribution in [2.24, 2.45) is 0 Å². The molecule has 0 aliphatic carbocycles. The number of hydrogen-bond acceptors (Lipinski definition) is 7. The fourth-order valence-electron chi connectivity index (χ4n) is 3.39. The van der Waals surface area contributed by atoms with Crippen LogP contribution in [0.15, 0.2) is 41.6 Å². The van der Waals surface area contributed by atoms with Crippen LogP contribution in [-0.4, -0.2) is 70.4 Å². The summed E-state index contributed by atoms with van der Waals surface area (Å²) in [5.41, 5.74) is -1.22. The molecule has 0 spiro atoms. The number of benzene rings is 1. The van der Waals surface area contributed by atoms with Gasteiger partial charge in [-0.15, -0.1) is 0 Å². The van der Waals surface area contributed by atoms with E-state index in [2.05, 4.69) is 25.5 Å². The Morgan fingerprint density at radius 1 is 1.09 bits per heavy atom. The van der Waals surface area contributed by atoms with Crippen LogP contribution in [0.3, 0.4) is 0 Å². The molecule has 0 bridgehead atoms. The first-order valence-electron chi connectivity index (χ1n) is 10.1. The number of alkyl halides is 3. The third kappa shape index (κ3) is 5.13. The summed E-state index contributed by atoms with van der Waals surface area (Å²) in [6.07, 6.45) is -1.47. The standard InChI is InChI=1S/C20H20F3N7O3/c21-20(22,23)13-10-25-18(26-11-13)29-5-7-30(8-6-29)19(32)24-4-9-33-16-3-1-2-14-15(16)12-27-28-17(14)31/h1-3,10-12H,4-9H2,(H,24,32)(H,28,31). The van der Waals surface area contributed by atoms with E-state index in [4.69, 9.17) is 4.74 Å². The van der Waals surface area contributed by atoms with Crippen molar-refractivity contribution in [3.05, 3.63) is 52.7 Å². The Hall–Kier alpha value is -3.90. The Bertz CT molecular complexity index is 1180. The Labute approximate surface area is 185 Å². The number of aromatic nitrogens is 4. The van der Waals surface area contributed by atoms with Crippen molar-refractivity contribution in [2.75, 3.05) is 44.2 Å². The zero-order chi connectivity index (χ0) is 23.4. The lowest BCUT2D eigenvalue weighted by atomic mass is 10.2. The molecule has 3 aromatic rings. The van der Waals surface area contributed by atoms with Gasteiger partial charge >= 0.3 is 12.2 Å². The number of H-pyrrole nitrogens is 1. The van der Waals surface area contributed by atoms with Crippen LogP contribution < -0.4 is 20.5 Å². The number of fused-ring (bicyclic) bond motifs is 1. The molecule has 3 heterocycles. The van der Waals surface area contributed by atoms with Gasteiger partial charge in [0, 0.05) is 44.0 Å². The molecule has 2 amide bonds. The molecule has 33 heavy (non-hydrogen) atoms. The summed E-state index contributed by atoms with van der Waals surface area (Å²) in [5, 5.41) is 9.94. The molecule has 1 aromatic carbocycles. The van der Waals surface area contributed by atoms with Crippen LogP contribution in [0.25, 0.3) is 10.8 Å². The van der Waals surface area contributed by atoms with Gasteiger partial charge in [-0.05, 0) is 12.1 Å². The summed E-state index contributed by atoms with van der Waals surface area (Å²) in [6.45, 7) is 1.97. The number of halogens is 3. The van der Waals surface area contributed by atoms with Crippen molar-refractivity contribution in [1.82, 2.24) is 30.4 Å². The highest BCUT2D eigenvalue weighted by atomic mass is 19.4. The van der Waals surface area contributed by atoms with E-state index in [1.165, 1.54) is 6.20 Å². The number of ether oxygens (including phenoxy) is 1. The zero-order valence-corrected chi connectivity index (χ0v) is 17.3. The van der Waals surface area contributed by atoms with E-state index >= 15 is 0 Å². The van der Waals surface area contributed by atoms with Gasteiger partial charge in [-0.25, -0.2) is 19.9 Å². The lowest BCUT2D eigenvalue weighted by Gasteiger charge is -2.34. The molecule has 1 aliphatic heterocycles. The van der Waals surface area contributed by atoms with Crippen molar-refractivity contribution in [1.29, 1.82) is 0 Å². The predicted octanol–water partition coefficient (Wildman–Crippen LogP) is 1.64. The number of amides is 2. The van der Waals surface area contributed by atoms with Crippen LogP contribution in [0, 0.1) is 0 Å². The van der Waals surface area contributed by atoms with Crippen molar-refractivity contribution in [3.63, 3.8) is 0 Å². The van der Waals surface area contributed by atoms with Gasteiger partial charge in [-0.3, -0.25) is 4.79 Å². The van der Waals surface area contributed by atoms with E-state index in [9.17, 15) is 22.8 Å². The van der Waals surface area contributed by atoms with Gasteiger partial charge in [0.2, 0.25) is 5.95 Å². The summed E-state index contributed by atoms with van der Waals surface area (Å²) in [7, 11) is 0. The normalized spacial score (nSPS) is 14.4. The van der Waals surface area contributed by atoms with Gasteiger partial charge in [0.05, 0.1) is 23.7 Å². The number of piperazine rings is 1. The maximum absolute atomic E-state index is 12.6. The third-order valence-corrected chi connectivity index (χ3v) is 5.12. The number of hydrogen-bond donors (Lipinski definition) is 2. The highest BCUT2D eigenvalue weighted by Gasteiger charge is 2.32. The summed E-state index contributed by atoms with van der Waals surface area (Å²) >= 11 is 0. The second-order valence-electron chi connectivity index (χ2n) is 7.24. The van der Waals surface area contributed by atoms with E-state index in [1.807, 2.05) is 0 Å². The Morgan fingerprint density at radius 3 is 2.52 bits per heavy atom. The number of urea groups is 1. The van der Waals surface area contributed by atoms with E-state index in [0.29, 0.717) is 42.7 Å². The molecule has 10 nitrogen and oxygen atoms in total. The van der Waals surface area contributed by atoms with Crippen LogP contribution in [-0.2, 0) is 6.18 Å². The molecular weight excluding hydrogens is 443 g/mol. The van der Waals surface area contributed by atoms with E-state index < -0.39 is 11.7 Å².